The number of benzene rings is 1. The van der Waals surface area contributed by atoms with Crippen molar-refractivity contribution in [3.8, 4) is 0 Å². The number of anilines is 1. The van der Waals surface area contributed by atoms with E-state index in [0.29, 0.717) is 44.6 Å². The van der Waals surface area contributed by atoms with Crippen LogP contribution in [0.1, 0.15) is 64.2 Å². The first-order chi connectivity index (χ1) is 19.4. The summed E-state index contributed by atoms with van der Waals surface area (Å²) < 4.78 is 10.9. The van der Waals surface area contributed by atoms with Crippen molar-refractivity contribution in [1.29, 1.82) is 0 Å². The van der Waals surface area contributed by atoms with Crippen molar-refractivity contribution >= 4 is 29.2 Å². The number of hydrogen-bond acceptors (Lipinski definition) is 7. The van der Waals surface area contributed by atoms with Gasteiger partial charge >= 0.3 is 0 Å². The van der Waals surface area contributed by atoms with Gasteiger partial charge in [0.05, 0.1) is 25.8 Å². The molecule has 3 heterocycles. The lowest BCUT2D eigenvalue weighted by molar-refractivity contribution is -0.145. The number of Topliss-reactive ketones (excluding diaryl/α,β-unsaturated/α-hetero) is 1. The van der Waals surface area contributed by atoms with E-state index in [0.717, 1.165) is 18.8 Å². The first-order valence-corrected chi connectivity index (χ1v) is 14.8. The summed E-state index contributed by atoms with van der Waals surface area (Å²) >= 11 is 0. The lowest BCUT2D eigenvalue weighted by Crippen LogP contribution is -2.53. The van der Waals surface area contributed by atoms with E-state index in [2.05, 4.69) is 10.2 Å². The number of morpholine rings is 1. The molecule has 0 radical (unpaired) electrons. The van der Waals surface area contributed by atoms with Crippen LogP contribution in [-0.2, 0) is 23.9 Å². The summed E-state index contributed by atoms with van der Waals surface area (Å²) in [5.74, 6) is -0.806. The Kier molecular flexibility index (Phi) is 9.74. The van der Waals surface area contributed by atoms with E-state index >= 15 is 0 Å². The van der Waals surface area contributed by atoms with Gasteiger partial charge in [0.1, 0.15) is 18.2 Å². The second kappa shape index (κ2) is 12.9. The van der Waals surface area contributed by atoms with Crippen molar-refractivity contribution in [2.24, 2.45) is 11.3 Å². The molecule has 41 heavy (non-hydrogen) atoms. The average Bonchev–Trinajstić information content (AvgIpc) is 3.51. The second-order valence-electron chi connectivity index (χ2n) is 13.1. The number of methoxy groups -OCH3 is 1. The molecule has 0 saturated carbocycles. The van der Waals surface area contributed by atoms with Gasteiger partial charge < -0.3 is 29.5 Å². The molecule has 4 atom stereocenters. The second-order valence-corrected chi connectivity index (χ2v) is 13.1. The molecule has 3 amide bonds. The lowest BCUT2D eigenvalue weighted by atomic mass is 9.88. The molecule has 4 rings (SSSR count). The SMILES string of the molecule is COC(CC(C)(C)C)C(=O)N1CC(=O)C2C1CCN2C(=O)C(CC(C)C)NC(=O)c1ccc(N2CCOCC2)cc1. The van der Waals surface area contributed by atoms with Crippen molar-refractivity contribution < 1.29 is 28.7 Å². The number of ketones is 1. The first kappa shape index (κ1) is 31.0. The number of nitrogens with zero attached hydrogens (tertiary/aromatic N) is 3. The third-order valence-corrected chi connectivity index (χ3v) is 8.16. The zero-order valence-corrected chi connectivity index (χ0v) is 25.4. The predicted molar refractivity (Wildman–Crippen MR) is 156 cm³/mol. The molecule has 0 bridgehead atoms. The summed E-state index contributed by atoms with van der Waals surface area (Å²) in [6, 6.07) is 5.54. The predicted octanol–water partition coefficient (Wildman–Crippen LogP) is 2.50. The molecule has 10 nitrogen and oxygen atoms in total. The van der Waals surface area contributed by atoms with Crippen LogP contribution in [0.2, 0.25) is 0 Å². The largest absolute Gasteiger partial charge is 0.378 e. The minimum atomic E-state index is -0.773. The summed E-state index contributed by atoms with van der Waals surface area (Å²) in [6.07, 6.45) is 0.848. The van der Waals surface area contributed by atoms with Gasteiger partial charge in [0.15, 0.2) is 5.78 Å². The van der Waals surface area contributed by atoms with Crippen molar-refractivity contribution in [3.05, 3.63) is 29.8 Å². The van der Waals surface area contributed by atoms with Crippen molar-refractivity contribution in [2.75, 3.05) is 51.4 Å². The third-order valence-electron chi connectivity index (χ3n) is 8.16. The highest BCUT2D eigenvalue weighted by Crippen LogP contribution is 2.33. The van der Waals surface area contributed by atoms with Gasteiger partial charge in [-0.05, 0) is 54.9 Å². The van der Waals surface area contributed by atoms with Crippen LogP contribution < -0.4 is 10.2 Å². The molecule has 10 heteroatoms. The first-order valence-electron chi connectivity index (χ1n) is 14.8. The number of likely N-dealkylation sites (tertiary alicyclic amines) is 2. The quantitative estimate of drug-likeness (QED) is 0.486. The van der Waals surface area contributed by atoms with Crippen molar-refractivity contribution in [1.82, 2.24) is 15.1 Å². The van der Waals surface area contributed by atoms with E-state index in [1.54, 1.807) is 21.9 Å². The van der Waals surface area contributed by atoms with E-state index in [9.17, 15) is 19.2 Å². The fourth-order valence-corrected chi connectivity index (χ4v) is 6.15. The maximum absolute atomic E-state index is 13.9. The number of ether oxygens (including phenoxy) is 2. The molecule has 3 fully saturated rings. The van der Waals surface area contributed by atoms with Gasteiger partial charge in [0.2, 0.25) is 5.91 Å². The van der Waals surface area contributed by atoms with Gasteiger partial charge in [0, 0.05) is 38.0 Å². The Bertz CT molecular complexity index is 1110. The summed E-state index contributed by atoms with van der Waals surface area (Å²) in [5.41, 5.74) is 1.38. The number of amides is 3. The maximum atomic E-state index is 13.9. The highest BCUT2D eigenvalue weighted by molar-refractivity contribution is 6.01. The Morgan fingerprint density at radius 2 is 1.68 bits per heavy atom. The van der Waals surface area contributed by atoms with E-state index < -0.39 is 18.2 Å². The monoisotopic (exact) mass is 570 g/mol. The highest BCUT2D eigenvalue weighted by atomic mass is 16.5. The Hall–Kier alpha value is -2.98. The van der Waals surface area contributed by atoms with Crippen LogP contribution in [0, 0.1) is 11.3 Å². The summed E-state index contributed by atoms with van der Waals surface area (Å²) in [6.45, 7) is 13.4. The minimum absolute atomic E-state index is 0.0291. The molecule has 4 unspecified atom stereocenters. The maximum Gasteiger partial charge on any atom is 0.252 e. The van der Waals surface area contributed by atoms with Crippen molar-refractivity contribution in [2.45, 2.75) is 78.1 Å². The molecule has 3 aliphatic heterocycles. The summed E-state index contributed by atoms with van der Waals surface area (Å²) in [4.78, 5) is 59.1. The summed E-state index contributed by atoms with van der Waals surface area (Å²) in [7, 11) is 1.52. The molecule has 0 spiro atoms. The fourth-order valence-electron chi connectivity index (χ4n) is 6.15. The van der Waals surface area contributed by atoms with Gasteiger partial charge in [-0.15, -0.1) is 0 Å². The minimum Gasteiger partial charge on any atom is -0.378 e. The van der Waals surface area contributed by atoms with Gasteiger partial charge in [-0.2, -0.15) is 0 Å². The van der Waals surface area contributed by atoms with E-state index in [1.165, 1.54) is 7.11 Å². The molecular weight excluding hydrogens is 524 g/mol. The van der Waals surface area contributed by atoms with Crippen molar-refractivity contribution in [3.63, 3.8) is 0 Å². The van der Waals surface area contributed by atoms with Gasteiger partial charge in [-0.3, -0.25) is 19.2 Å². The zero-order valence-electron chi connectivity index (χ0n) is 25.4. The number of carbonyl (C=O) groups is 4. The van der Waals surface area contributed by atoms with Crippen LogP contribution in [0.25, 0.3) is 0 Å². The van der Waals surface area contributed by atoms with Gasteiger partial charge in [-0.25, -0.2) is 0 Å². The molecule has 0 aromatic heterocycles. The molecular formula is C31H46N4O6. The van der Waals surface area contributed by atoms with Crippen LogP contribution in [0.15, 0.2) is 24.3 Å². The average molecular weight is 571 g/mol. The molecule has 0 aliphatic carbocycles. The van der Waals surface area contributed by atoms with E-state index in [4.69, 9.17) is 9.47 Å². The number of hydrogen-bond donors (Lipinski definition) is 1. The van der Waals surface area contributed by atoms with Crippen LogP contribution in [-0.4, -0.2) is 104 Å². The normalized spacial score (nSPS) is 22.6. The van der Waals surface area contributed by atoms with Gasteiger partial charge in [-0.1, -0.05) is 34.6 Å². The Morgan fingerprint density at radius 3 is 2.27 bits per heavy atom. The third kappa shape index (κ3) is 7.27. The molecule has 3 aliphatic rings. The van der Waals surface area contributed by atoms with Gasteiger partial charge in [0.25, 0.3) is 11.8 Å². The highest BCUT2D eigenvalue weighted by Gasteiger charge is 2.53. The van der Waals surface area contributed by atoms with Crippen LogP contribution in [0.4, 0.5) is 5.69 Å². The molecule has 1 N–H and O–H groups in total. The van der Waals surface area contributed by atoms with Crippen LogP contribution >= 0.6 is 0 Å². The molecule has 226 valence electrons. The number of fused-ring (bicyclic) bond motifs is 1. The van der Waals surface area contributed by atoms with E-state index in [-0.39, 0.29) is 47.4 Å². The molecule has 1 aromatic rings. The Morgan fingerprint density at radius 1 is 1.02 bits per heavy atom. The molecule has 1 aromatic carbocycles. The Balaban J connectivity index is 1.45. The lowest BCUT2D eigenvalue weighted by Gasteiger charge is -2.31. The fraction of sp³-hybridized carbons (Fsp3) is 0.677. The number of rotatable bonds is 9. The summed E-state index contributed by atoms with van der Waals surface area (Å²) in [5, 5.41) is 2.95. The molecule has 3 saturated heterocycles. The Labute approximate surface area is 243 Å². The van der Waals surface area contributed by atoms with Crippen LogP contribution in [0.3, 0.4) is 0 Å². The van der Waals surface area contributed by atoms with Crippen LogP contribution in [0.5, 0.6) is 0 Å². The number of nitrogens with one attached hydrogen (secondary N) is 1. The number of carbonyl (C=O) groups excluding carboxylic acids is 4. The topological polar surface area (TPSA) is 108 Å². The zero-order chi connectivity index (χ0) is 29.9. The van der Waals surface area contributed by atoms with E-state index in [1.807, 2.05) is 46.8 Å². The smallest absolute Gasteiger partial charge is 0.252 e. The standard InChI is InChI=1S/C31H46N4O6/c1-20(2)17-23(32-28(37)21-7-9-22(10-8-21)33-13-15-41-16-14-33)29(38)34-12-11-24-27(34)25(36)19-35(24)30(39)26(40-6)18-31(3,4)5/h7-10,20,23-24,26-27H,11-19H2,1-6H3,(H,32,37).